The predicted molar refractivity (Wildman–Crippen MR) is 128 cm³/mol. The van der Waals surface area contributed by atoms with E-state index in [0.717, 1.165) is 5.69 Å². The minimum absolute atomic E-state index is 0.234. The van der Waals surface area contributed by atoms with Crippen LogP contribution in [0.1, 0.15) is 20.3 Å². The van der Waals surface area contributed by atoms with Crippen LogP contribution in [0.15, 0.2) is 34.9 Å². The molecule has 0 bridgehead atoms. The lowest BCUT2D eigenvalue weighted by Gasteiger charge is -2.16. The average molecular weight is 507 g/mol. The van der Waals surface area contributed by atoms with Gasteiger partial charge in [-0.1, -0.05) is 37.2 Å². The number of hydrogen-bond donors (Lipinski definition) is 2. The molecule has 0 radical (unpaired) electrons. The highest BCUT2D eigenvalue weighted by atomic mass is 19.4. The Kier molecular flexibility index (Phi) is 7.87. The Balaban J connectivity index is 0.00000148. The number of hydrogen-bond acceptors (Lipinski definition) is 10. The van der Waals surface area contributed by atoms with E-state index < -0.39 is 12.6 Å². The third-order valence-electron chi connectivity index (χ3n) is 5.99. The molecule has 1 aromatic carbocycles. The topological polar surface area (TPSA) is 114 Å². The van der Waals surface area contributed by atoms with E-state index >= 15 is 0 Å². The van der Waals surface area contributed by atoms with Gasteiger partial charge in [0.1, 0.15) is 0 Å². The molecular formula is C23H29F3N8O2. The van der Waals surface area contributed by atoms with Crippen LogP contribution in [0, 0.1) is 17.8 Å². The van der Waals surface area contributed by atoms with Crippen molar-refractivity contribution < 1.29 is 22.4 Å². The van der Waals surface area contributed by atoms with Gasteiger partial charge >= 0.3 is 12.2 Å². The fourth-order valence-corrected chi connectivity index (χ4v) is 4.19. The fourth-order valence-electron chi connectivity index (χ4n) is 4.19. The molecule has 0 spiro atoms. The third-order valence-corrected chi connectivity index (χ3v) is 5.99. The Morgan fingerprint density at radius 3 is 2.36 bits per heavy atom. The molecule has 1 aliphatic heterocycles. The van der Waals surface area contributed by atoms with E-state index in [2.05, 4.69) is 35.7 Å². The number of ether oxygens (including phenoxy) is 1. The predicted octanol–water partition coefficient (Wildman–Crippen LogP) is 4.38. The van der Waals surface area contributed by atoms with E-state index in [1.165, 1.54) is 0 Å². The summed E-state index contributed by atoms with van der Waals surface area (Å²) in [7, 11) is 1.70. The summed E-state index contributed by atoms with van der Waals surface area (Å²) in [5, 5.41) is 10.1. The van der Waals surface area contributed by atoms with Gasteiger partial charge in [0.2, 0.25) is 23.5 Å². The highest BCUT2D eigenvalue weighted by Gasteiger charge is 2.56. The number of benzene rings is 1. The van der Waals surface area contributed by atoms with Gasteiger partial charge < -0.3 is 24.8 Å². The highest BCUT2D eigenvalue weighted by molar-refractivity contribution is 5.57. The van der Waals surface area contributed by atoms with Crippen molar-refractivity contribution in [3.63, 3.8) is 0 Å². The lowest BCUT2D eigenvalue weighted by molar-refractivity contribution is -0.145. The summed E-state index contributed by atoms with van der Waals surface area (Å²) in [6, 6.07) is 9.85. The maximum atomic E-state index is 12.2. The second-order valence-electron chi connectivity index (χ2n) is 8.28. The van der Waals surface area contributed by atoms with Crippen LogP contribution in [-0.2, 0) is 4.74 Å². The molecule has 2 atom stereocenters. The number of anilines is 4. The molecule has 2 unspecified atom stereocenters. The van der Waals surface area contributed by atoms with E-state index in [1.807, 2.05) is 49.1 Å². The summed E-state index contributed by atoms with van der Waals surface area (Å²) < 4.78 is 47.3. The van der Waals surface area contributed by atoms with E-state index in [1.54, 1.807) is 7.05 Å². The fraction of sp³-hybridized carbons (Fsp3) is 0.522. The summed E-state index contributed by atoms with van der Waals surface area (Å²) in [5.74, 6) is 2.17. The van der Waals surface area contributed by atoms with Crippen LogP contribution in [0.4, 0.5) is 36.8 Å². The van der Waals surface area contributed by atoms with Crippen molar-refractivity contribution in [3.8, 4) is 11.6 Å². The Labute approximate surface area is 206 Å². The van der Waals surface area contributed by atoms with Gasteiger partial charge in [-0.05, 0) is 29.9 Å². The van der Waals surface area contributed by atoms with Crippen LogP contribution >= 0.6 is 0 Å². The van der Waals surface area contributed by atoms with Gasteiger partial charge in [0, 0.05) is 25.8 Å². The Bertz CT molecular complexity index is 1120. The smallest absolute Gasteiger partial charge is 0.381 e. The summed E-state index contributed by atoms with van der Waals surface area (Å²) in [4.78, 5) is 19.5. The molecule has 2 aliphatic rings. The number of fused-ring (bicyclic) bond motifs is 1. The zero-order valence-electron chi connectivity index (χ0n) is 20.3. The van der Waals surface area contributed by atoms with E-state index in [-0.39, 0.29) is 24.2 Å². The van der Waals surface area contributed by atoms with Crippen molar-refractivity contribution in [1.29, 1.82) is 0 Å². The standard InChI is InChI=1S/C21H23F3N8O2.C2H6/c1-25-18-27-16(28-19(30-18)26-12-5-3-2-4-6-12)17-29-20(34-31-17)32-9-13-14(10-32)15(13)11-33-8-7-21(22,23)24;1-2/h2-6,13-15H,7-11H2,1H3,(H2,25,26,27,28,30);1-2H3. The number of nitrogens with zero attached hydrogens (tertiary/aromatic N) is 6. The molecule has 10 nitrogen and oxygen atoms in total. The zero-order valence-corrected chi connectivity index (χ0v) is 20.3. The van der Waals surface area contributed by atoms with Crippen molar-refractivity contribution in [1.82, 2.24) is 25.1 Å². The van der Waals surface area contributed by atoms with Crippen LogP contribution in [0.2, 0.25) is 0 Å². The quantitative estimate of drug-likeness (QED) is 0.405. The molecule has 2 N–H and O–H groups in total. The molecule has 0 amide bonds. The maximum absolute atomic E-state index is 12.2. The van der Waals surface area contributed by atoms with Crippen LogP contribution < -0.4 is 15.5 Å². The monoisotopic (exact) mass is 506 g/mol. The van der Waals surface area contributed by atoms with Crippen LogP contribution in [0.25, 0.3) is 11.6 Å². The number of halogens is 3. The molecule has 3 aromatic rings. The van der Waals surface area contributed by atoms with Gasteiger partial charge in [-0.25, -0.2) is 0 Å². The maximum Gasteiger partial charge on any atom is 0.391 e. The minimum Gasteiger partial charge on any atom is -0.381 e. The SMILES string of the molecule is CC.CNc1nc(Nc2ccccc2)nc(-c2noc(N3CC4C(COCCC(F)(F)F)C4C3)n2)n1. The lowest BCUT2D eigenvalue weighted by atomic mass is 10.3. The second-order valence-corrected chi connectivity index (χ2v) is 8.28. The van der Waals surface area contributed by atoms with Crippen molar-refractivity contribution >= 4 is 23.6 Å². The van der Waals surface area contributed by atoms with Gasteiger partial charge in [0.25, 0.3) is 0 Å². The molecule has 194 valence electrons. The highest BCUT2D eigenvalue weighted by Crippen LogP contribution is 2.52. The number of rotatable bonds is 9. The number of para-hydroxylation sites is 1. The van der Waals surface area contributed by atoms with Gasteiger partial charge in [0.15, 0.2) is 0 Å². The molecule has 13 heteroatoms. The first-order chi connectivity index (χ1) is 17.4. The summed E-state index contributed by atoms with van der Waals surface area (Å²) in [5.41, 5.74) is 0.823. The van der Waals surface area contributed by atoms with Crippen molar-refractivity contribution in [2.75, 3.05) is 48.9 Å². The number of nitrogens with one attached hydrogen (secondary N) is 2. The van der Waals surface area contributed by atoms with Crippen LogP contribution in [0.5, 0.6) is 0 Å². The molecule has 1 saturated carbocycles. The summed E-state index contributed by atoms with van der Waals surface area (Å²) in [6.07, 6.45) is -5.10. The molecular weight excluding hydrogens is 477 g/mol. The molecule has 1 aliphatic carbocycles. The number of alkyl halides is 3. The summed E-state index contributed by atoms with van der Waals surface area (Å²) in [6.45, 7) is 5.44. The lowest BCUT2D eigenvalue weighted by Crippen LogP contribution is -2.25. The Morgan fingerprint density at radius 1 is 1.00 bits per heavy atom. The van der Waals surface area contributed by atoms with Gasteiger partial charge in [-0.15, -0.1) is 0 Å². The van der Waals surface area contributed by atoms with E-state index in [4.69, 9.17) is 9.26 Å². The molecule has 1 saturated heterocycles. The average Bonchev–Trinajstić information content (AvgIpc) is 3.24. The Hall–Kier alpha value is -3.48. The zero-order chi connectivity index (χ0) is 25.7. The van der Waals surface area contributed by atoms with Crippen molar-refractivity contribution in [3.05, 3.63) is 30.3 Å². The van der Waals surface area contributed by atoms with Crippen LogP contribution in [-0.4, -0.2) is 64.6 Å². The third kappa shape index (κ3) is 6.20. The first-order valence-corrected chi connectivity index (χ1v) is 11.9. The molecule has 2 fully saturated rings. The van der Waals surface area contributed by atoms with E-state index in [0.29, 0.717) is 49.4 Å². The molecule has 36 heavy (non-hydrogen) atoms. The van der Waals surface area contributed by atoms with Crippen molar-refractivity contribution in [2.45, 2.75) is 26.4 Å². The van der Waals surface area contributed by atoms with Crippen LogP contribution in [0.3, 0.4) is 0 Å². The van der Waals surface area contributed by atoms with Gasteiger partial charge in [-0.3, -0.25) is 0 Å². The van der Waals surface area contributed by atoms with E-state index in [9.17, 15) is 13.2 Å². The number of aromatic nitrogens is 5. The largest absolute Gasteiger partial charge is 0.391 e. The molecule has 2 aromatic heterocycles. The minimum atomic E-state index is -4.18. The molecule has 5 rings (SSSR count). The normalized spacial score (nSPS) is 20.4. The summed E-state index contributed by atoms with van der Waals surface area (Å²) >= 11 is 0. The van der Waals surface area contributed by atoms with Gasteiger partial charge in [-0.2, -0.15) is 33.1 Å². The first kappa shape index (κ1) is 25.6. The second kappa shape index (κ2) is 11.1. The van der Waals surface area contributed by atoms with Crippen molar-refractivity contribution in [2.24, 2.45) is 17.8 Å². The first-order valence-electron chi connectivity index (χ1n) is 11.9. The number of piperidine rings is 1. The Morgan fingerprint density at radius 2 is 1.69 bits per heavy atom. The molecule has 3 heterocycles. The van der Waals surface area contributed by atoms with Gasteiger partial charge in [0.05, 0.1) is 19.6 Å².